The molecule has 5 aromatic carbocycles. The average Bonchev–Trinajstić information content (AvgIpc) is 3.19. The molecule has 0 bridgehead atoms. The van der Waals surface area contributed by atoms with Crippen LogP contribution in [0.3, 0.4) is 0 Å². The van der Waals surface area contributed by atoms with Crippen LogP contribution in [0, 0.1) is 0 Å². The van der Waals surface area contributed by atoms with Crippen molar-refractivity contribution in [2.75, 3.05) is 0 Å². The molecule has 1 unspecified atom stereocenters. The second-order valence-corrected chi connectivity index (χ2v) is 10.6. The van der Waals surface area contributed by atoms with Gasteiger partial charge in [0.25, 0.3) is 0 Å². The van der Waals surface area contributed by atoms with Crippen molar-refractivity contribution in [2.45, 2.75) is 9.92 Å². The Kier molecular flexibility index (Phi) is 4.63. The third kappa shape index (κ3) is 3.16. The molecule has 2 heterocycles. The van der Waals surface area contributed by atoms with E-state index in [0.717, 1.165) is 33.0 Å². The summed E-state index contributed by atoms with van der Waals surface area (Å²) >= 11 is 6.44. The van der Waals surface area contributed by atoms with E-state index in [0.29, 0.717) is 0 Å². The monoisotopic (exact) mass is 486 g/mol. The van der Waals surface area contributed by atoms with Crippen LogP contribution in [0.2, 0.25) is 5.28 Å². The van der Waals surface area contributed by atoms with Crippen molar-refractivity contribution in [2.24, 2.45) is 0 Å². The summed E-state index contributed by atoms with van der Waals surface area (Å²) in [6.45, 7) is 0. The molecular weight excluding hydrogens is 468 g/mol. The molecule has 35 heavy (non-hydrogen) atoms. The summed E-state index contributed by atoms with van der Waals surface area (Å²) in [5.74, 6) is 4.40. The van der Waals surface area contributed by atoms with Crippen molar-refractivity contribution in [3.8, 4) is 33.5 Å². The van der Waals surface area contributed by atoms with Crippen LogP contribution < -0.4 is 0 Å². The van der Waals surface area contributed by atoms with Crippen molar-refractivity contribution in [3.63, 3.8) is 0 Å². The summed E-state index contributed by atoms with van der Waals surface area (Å²) in [6, 6.07) is 36.4. The standard InChI is InChI=1S/C31H19ClN2S/c1-35-27-16-7-6-15-25(27)28-29(33-31(32)34-30(28)35)21-11-8-10-19(17-21)26-18-20-9-2-3-12-22(20)23-13-4-5-14-24(23)26/h2-18H,1H2. The van der Waals surface area contributed by atoms with E-state index in [1.54, 1.807) is 0 Å². The van der Waals surface area contributed by atoms with Gasteiger partial charge in [0, 0.05) is 21.6 Å². The highest BCUT2D eigenvalue weighted by molar-refractivity contribution is 8.14. The van der Waals surface area contributed by atoms with Crippen LogP contribution in [0.25, 0.3) is 55.1 Å². The molecule has 0 aliphatic carbocycles. The molecule has 0 spiro atoms. The second kappa shape index (κ2) is 7.88. The highest BCUT2D eigenvalue weighted by atomic mass is 35.5. The van der Waals surface area contributed by atoms with Crippen molar-refractivity contribution in [3.05, 3.63) is 108 Å². The van der Waals surface area contributed by atoms with Gasteiger partial charge in [-0.2, -0.15) is 0 Å². The van der Waals surface area contributed by atoms with Gasteiger partial charge in [-0.25, -0.2) is 9.97 Å². The van der Waals surface area contributed by atoms with Crippen LogP contribution in [0.5, 0.6) is 0 Å². The summed E-state index contributed by atoms with van der Waals surface area (Å²) in [4.78, 5) is 10.5. The number of hydrogen-bond acceptors (Lipinski definition) is 2. The molecule has 0 fully saturated rings. The first kappa shape index (κ1) is 20.6. The number of hydrogen-bond donors (Lipinski definition) is 0. The summed E-state index contributed by atoms with van der Waals surface area (Å²) in [6.07, 6.45) is 0. The lowest BCUT2D eigenvalue weighted by atomic mass is 9.91. The van der Waals surface area contributed by atoms with Crippen molar-refractivity contribution in [1.29, 1.82) is 0 Å². The lowest BCUT2D eigenvalue weighted by Crippen LogP contribution is -1.94. The molecule has 0 radical (unpaired) electrons. The normalized spacial score (nSPS) is 14.3. The van der Waals surface area contributed by atoms with Crippen LogP contribution in [-0.2, 0) is 0 Å². The molecule has 0 N–H and O–H groups in total. The number of fused-ring (bicyclic) bond motifs is 6. The van der Waals surface area contributed by atoms with Gasteiger partial charge in [-0.1, -0.05) is 90.8 Å². The zero-order valence-electron chi connectivity index (χ0n) is 18.7. The molecule has 1 aliphatic heterocycles. The number of benzene rings is 5. The van der Waals surface area contributed by atoms with E-state index in [2.05, 4.69) is 114 Å². The van der Waals surface area contributed by atoms with Crippen molar-refractivity contribution in [1.82, 2.24) is 9.97 Å². The van der Waals surface area contributed by atoms with Gasteiger partial charge < -0.3 is 0 Å². The number of aromatic nitrogens is 2. The maximum atomic E-state index is 6.44. The smallest absolute Gasteiger partial charge is 0.217 e. The molecule has 4 heteroatoms. The summed E-state index contributed by atoms with van der Waals surface area (Å²) in [5, 5.41) is 6.16. The maximum Gasteiger partial charge on any atom is 0.224 e. The molecule has 166 valence electrons. The van der Waals surface area contributed by atoms with E-state index in [4.69, 9.17) is 16.6 Å². The zero-order chi connectivity index (χ0) is 23.5. The Hall–Kier alpha value is -3.79. The number of nitrogens with zero attached hydrogens (tertiary/aromatic N) is 2. The molecule has 7 rings (SSSR count). The van der Waals surface area contributed by atoms with E-state index >= 15 is 0 Å². The number of halogens is 1. The van der Waals surface area contributed by atoms with E-state index in [1.165, 1.54) is 32.0 Å². The molecule has 0 saturated carbocycles. The van der Waals surface area contributed by atoms with Gasteiger partial charge in [-0.15, -0.1) is 10.5 Å². The number of rotatable bonds is 2. The lowest BCUT2D eigenvalue weighted by molar-refractivity contribution is 1.07. The minimum Gasteiger partial charge on any atom is -0.217 e. The minimum atomic E-state index is -0.378. The predicted molar refractivity (Wildman–Crippen MR) is 150 cm³/mol. The third-order valence-electron chi connectivity index (χ3n) is 6.72. The van der Waals surface area contributed by atoms with Crippen LogP contribution in [0.4, 0.5) is 0 Å². The first-order valence-corrected chi connectivity index (χ1v) is 13.2. The summed E-state index contributed by atoms with van der Waals surface area (Å²) in [5.41, 5.74) is 6.42. The zero-order valence-corrected chi connectivity index (χ0v) is 20.3. The maximum absolute atomic E-state index is 6.44. The molecule has 1 aliphatic rings. The third-order valence-corrected chi connectivity index (χ3v) is 8.54. The van der Waals surface area contributed by atoms with Gasteiger partial charge in [0.05, 0.1) is 5.69 Å². The first-order chi connectivity index (χ1) is 17.2. The Bertz CT molecular complexity index is 1840. The van der Waals surface area contributed by atoms with Crippen LogP contribution in [0.15, 0.2) is 113 Å². The molecular formula is C31H19ClN2S. The molecule has 6 aromatic rings. The predicted octanol–water partition coefficient (Wildman–Crippen LogP) is 8.87. The van der Waals surface area contributed by atoms with Gasteiger partial charge in [0.15, 0.2) is 0 Å². The Balaban J connectivity index is 1.49. The molecule has 2 nitrogen and oxygen atoms in total. The Morgan fingerprint density at radius 1 is 0.629 bits per heavy atom. The Morgan fingerprint density at radius 3 is 2.23 bits per heavy atom. The van der Waals surface area contributed by atoms with Crippen molar-refractivity contribution < 1.29 is 0 Å². The van der Waals surface area contributed by atoms with Gasteiger partial charge in [-0.3, -0.25) is 0 Å². The SMILES string of the molecule is C=S1c2ccccc2-c2c(-c3cccc(-c4cc5ccccc5c5ccccc45)c3)nc(Cl)nc21. The largest absolute Gasteiger partial charge is 0.224 e. The molecule has 0 saturated heterocycles. The van der Waals surface area contributed by atoms with Crippen molar-refractivity contribution >= 4 is 49.5 Å². The second-order valence-electron chi connectivity index (χ2n) is 8.68. The van der Waals surface area contributed by atoms with Crippen LogP contribution in [0.1, 0.15) is 0 Å². The topological polar surface area (TPSA) is 25.8 Å². The van der Waals surface area contributed by atoms with E-state index in [-0.39, 0.29) is 15.8 Å². The van der Waals surface area contributed by atoms with Gasteiger partial charge in [-0.05, 0) is 62.5 Å². The highest BCUT2D eigenvalue weighted by Gasteiger charge is 2.27. The molecule has 1 atom stereocenters. The Labute approximate surface area is 210 Å². The van der Waals surface area contributed by atoms with Gasteiger partial charge in [0.1, 0.15) is 5.03 Å². The van der Waals surface area contributed by atoms with E-state index in [9.17, 15) is 0 Å². The fraction of sp³-hybridized carbons (Fsp3) is 0. The van der Waals surface area contributed by atoms with E-state index in [1.807, 2.05) is 0 Å². The summed E-state index contributed by atoms with van der Waals surface area (Å²) < 4.78 is 0. The van der Waals surface area contributed by atoms with E-state index < -0.39 is 0 Å². The highest BCUT2D eigenvalue weighted by Crippen LogP contribution is 2.53. The average molecular weight is 487 g/mol. The first-order valence-electron chi connectivity index (χ1n) is 11.4. The molecule has 1 aromatic heterocycles. The fourth-order valence-electron chi connectivity index (χ4n) is 5.16. The lowest BCUT2D eigenvalue weighted by Gasteiger charge is -2.13. The van der Waals surface area contributed by atoms with Crippen LogP contribution in [-0.4, -0.2) is 15.8 Å². The van der Waals surface area contributed by atoms with Gasteiger partial charge in [0.2, 0.25) is 5.28 Å². The minimum absolute atomic E-state index is 0.259. The van der Waals surface area contributed by atoms with Crippen LogP contribution >= 0.6 is 22.1 Å². The summed E-state index contributed by atoms with van der Waals surface area (Å²) in [7, 11) is -0.378. The quantitative estimate of drug-likeness (QED) is 0.105. The fourth-order valence-corrected chi connectivity index (χ4v) is 6.92. The molecule has 0 amide bonds. The van der Waals surface area contributed by atoms with Gasteiger partial charge >= 0.3 is 0 Å². The Morgan fingerprint density at radius 2 is 1.34 bits per heavy atom.